The largest absolute Gasteiger partial charge is 0.232 e. The van der Waals surface area contributed by atoms with E-state index in [1.54, 1.807) is 0 Å². The van der Waals surface area contributed by atoms with Crippen molar-refractivity contribution in [3.8, 4) is 0 Å². The van der Waals surface area contributed by atoms with Gasteiger partial charge < -0.3 is 0 Å². The Morgan fingerprint density at radius 1 is 1.80 bits per heavy atom. The van der Waals surface area contributed by atoms with E-state index in [2.05, 4.69) is 5.18 Å². The second kappa shape index (κ2) is 3.05. The summed E-state index contributed by atoms with van der Waals surface area (Å²) in [5.41, 5.74) is 0. The Morgan fingerprint density at radius 3 is 2.40 bits per heavy atom. The first-order chi connectivity index (χ1) is 2.41. The molecule has 5 heavy (non-hydrogen) atoms. The first kappa shape index (κ1) is 4.05. The van der Waals surface area contributed by atoms with E-state index in [9.17, 15) is 0 Å². The molecule has 0 aliphatic rings. The zero-order valence-electron chi connectivity index (χ0n) is 2.34. The molecular formula is C2HNO2. The third kappa shape index (κ3) is 3.05. The zero-order valence-corrected chi connectivity index (χ0v) is 2.34. The van der Waals surface area contributed by atoms with Crippen LogP contribution < -0.4 is 0 Å². The monoisotopic (exact) mass is 71.0 g/mol. The molecule has 0 fully saturated rings. The van der Waals surface area contributed by atoms with Crippen LogP contribution in [-0.2, 0) is 4.79 Å². The fourth-order valence-corrected chi connectivity index (χ4v) is 0.0215. The molecule has 3 heteroatoms. The average molecular weight is 71.0 g/mol. The first-order valence-electron chi connectivity index (χ1n) is 0.934. The number of rotatable bonds is 1. The summed E-state index contributed by atoms with van der Waals surface area (Å²) in [4.78, 5) is 17.8. The highest BCUT2D eigenvalue weighted by molar-refractivity contribution is 5.43. The zero-order chi connectivity index (χ0) is 4.12. The number of carbonyl (C=O) groups excluding carboxylic acids is 1. The molecule has 26 valence electrons. The highest BCUT2D eigenvalue weighted by Crippen LogP contribution is 1.51. The Labute approximate surface area is 28.3 Å². The van der Waals surface area contributed by atoms with E-state index in [-0.39, 0.29) is 0 Å². The molecule has 0 N–H and O–H groups in total. The van der Waals surface area contributed by atoms with Crippen LogP contribution in [0, 0.1) is 4.91 Å². The molecule has 3 nitrogen and oxygen atoms in total. The minimum atomic E-state index is 0.514. The van der Waals surface area contributed by atoms with Gasteiger partial charge in [-0.1, -0.05) is 0 Å². The van der Waals surface area contributed by atoms with Crippen LogP contribution in [-0.4, -0.2) is 5.94 Å². The lowest BCUT2D eigenvalue weighted by molar-refractivity contribution is 0.568. The highest BCUT2D eigenvalue weighted by Gasteiger charge is 1.48. The molecule has 0 unspecified atom stereocenters. The maximum Gasteiger partial charge on any atom is 0.155 e. The normalized spacial score (nSPS) is 4.80. The summed E-state index contributed by atoms with van der Waals surface area (Å²) in [6.07, 6.45) is 0.514. The second-order valence-corrected chi connectivity index (χ2v) is 0.352. The summed E-state index contributed by atoms with van der Waals surface area (Å²) >= 11 is 0. The van der Waals surface area contributed by atoms with Crippen LogP contribution in [0.1, 0.15) is 0 Å². The lowest BCUT2D eigenvalue weighted by Gasteiger charge is -1.37. The van der Waals surface area contributed by atoms with Crippen molar-refractivity contribution >= 4 is 5.94 Å². The average Bonchev–Trinajstić information content (AvgIpc) is 1.41. The van der Waals surface area contributed by atoms with Crippen molar-refractivity contribution in [1.82, 2.24) is 0 Å². The van der Waals surface area contributed by atoms with Crippen LogP contribution in [0.15, 0.2) is 11.4 Å². The molecule has 0 radical (unpaired) electrons. The molecular weight excluding hydrogens is 70.0 g/mol. The first-order valence-corrected chi connectivity index (χ1v) is 0.934. The molecule has 0 amide bonds. The van der Waals surface area contributed by atoms with Crippen molar-refractivity contribution in [3.05, 3.63) is 11.1 Å². The van der Waals surface area contributed by atoms with E-state index >= 15 is 0 Å². The van der Waals surface area contributed by atoms with Gasteiger partial charge in [-0.2, -0.15) is 0 Å². The fourth-order valence-electron chi connectivity index (χ4n) is 0.0215. The smallest absolute Gasteiger partial charge is 0.155 e. The Balaban J connectivity index is 3.31. The molecule has 0 spiro atoms. The molecule has 0 heterocycles. The Bertz CT molecular complexity index is 71.7. The molecule has 0 bridgehead atoms. The van der Waals surface area contributed by atoms with Gasteiger partial charge in [0.25, 0.3) is 0 Å². The quantitative estimate of drug-likeness (QED) is 0.325. The van der Waals surface area contributed by atoms with Gasteiger partial charge in [0.2, 0.25) is 0 Å². The molecule has 0 aliphatic carbocycles. The van der Waals surface area contributed by atoms with Gasteiger partial charge in [-0.3, -0.25) is 0 Å². The van der Waals surface area contributed by atoms with E-state index in [0.717, 1.165) is 5.94 Å². The third-order valence-electron chi connectivity index (χ3n) is 0.105. The van der Waals surface area contributed by atoms with E-state index in [4.69, 9.17) is 9.70 Å². The fraction of sp³-hybridized carbons (Fsp3) is 0. The summed E-state index contributed by atoms with van der Waals surface area (Å²) in [5.74, 6) is 1.16. The number of nitroso groups, excluding NO2 is 1. The predicted octanol–water partition coefficient (Wildman–Crippen LogP) is 0.0981. The maximum atomic E-state index is 8.93. The summed E-state index contributed by atoms with van der Waals surface area (Å²) in [7, 11) is 0. The minimum absolute atomic E-state index is 0.514. The Morgan fingerprint density at radius 2 is 2.40 bits per heavy atom. The standard InChI is InChI=1S/C2HNO2/c4-2-1-3-5/h1H. The number of nitrogens with zero attached hydrogens (tertiary/aromatic N) is 1. The summed E-state index contributed by atoms with van der Waals surface area (Å²) in [5, 5.41) is 2.06. The van der Waals surface area contributed by atoms with Gasteiger partial charge in [0.1, 0.15) is 5.94 Å². The van der Waals surface area contributed by atoms with Gasteiger partial charge in [0.15, 0.2) is 6.20 Å². The predicted molar refractivity (Wildman–Crippen MR) is 16.1 cm³/mol. The molecule has 0 aromatic rings. The lowest BCUT2D eigenvalue weighted by atomic mass is 11.1. The number of hydrogen-bond acceptors (Lipinski definition) is 3. The van der Waals surface area contributed by atoms with Crippen molar-refractivity contribution in [2.45, 2.75) is 0 Å². The van der Waals surface area contributed by atoms with E-state index in [1.165, 1.54) is 0 Å². The molecule has 0 aliphatic heterocycles. The van der Waals surface area contributed by atoms with Gasteiger partial charge >= 0.3 is 0 Å². The lowest BCUT2D eigenvalue weighted by Crippen LogP contribution is -1.38. The molecule has 0 saturated carbocycles. The second-order valence-electron chi connectivity index (χ2n) is 0.352. The van der Waals surface area contributed by atoms with Crippen LogP contribution in [0.25, 0.3) is 0 Å². The van der Waals surface area contributed by atoms with Crippen LogP contribution >= 0.6 is 0 Å². The molecule has 0 atom stereocenters. The summed E-state index contributed by atoms with van der Waals surface area (Å²) < 4.78 is 0. The SMILES string of the molecule is O=C=CN=O. The Hall–Kier alpha value is -0.950. The molecule has 0 aromatic carbocycles. The van der Waals surface area contributed by atoms with Gasteiger partial charge in [-0.05, 0) is 5.18 Å². The van der Waals surface area contributed by atoms with Gasteiger partial charge in [0.05, 0.1) is 0 Å². The minimum Gasteiger partial charge on any atom is -0.232 e. The summed E-state index contributed by atoms with van der Waals surface area (Å²) in [6, 6.07) is 0. The third-order valence-corrected chi connectivity index (χ3v) is 0.105. The molecule has 0 rings (SSSR count). The van der Waals surface area contributed by atoms with Gasteiger partial charge in [0, 0.05) is 0 Å². The van der Waals surface area contributed by atoms with Crippen molar-refractivity contribution in [3.63, 3.8) is 0 Å². The van der Waals surface area contributed by atoms with Gasteiger partial charge in [-0.25, -0.2) is 4.79 Å². The van der Waals surface area contributed by atoms with Crippen LogP contribution in [0.3, 0.4) is 0 Å². The van der Waals surface area contributed by atoms with Crippen molar-refractivity contribution in [1.29, 1.82) is 0 Å². The van der Waals surface area contributed by atoms with E-state index in [1.807, 2.05) is 0 Å². The number of hydrogen-bond donors (Lipinski definition) is 0. The van der Waals surface area contributed by atoms with E-state index < -0.39 is 0 Å². The van der Waals surface area contributed by atoms with Crippen LogP contribution in [0.4, 0.5) is 0 Å². The van der Waals surface area contributed by atoms with Crippen LogP contribution in [0.5, 0.6) is 0 Å². The van der Waals surface area contributed by atoms with E-state index in [0.29, 0.717) is 6.20 Å². The molecule has 0 aromatic heterocycles. The van der Waals surface area contributed by atoms with Crippen molar-refractivity contribution < 1.29 is 4.79 Å². The maximum absolute atomic E-state index is 8.93. The van der Waals surface area contributed by atoms with Crippen LogP contribution in [0.2, 0.25) is 0 Å². The Kier molecular flexibility index (Phi) is 2.47. The van der Waals surface area contributed by atoms with Gasteiger partial charge in [-0.15, -0.1) is 4.91 Å². The topological polar surface area (TPSA) is 46.5 Å². The van der Waals surface area contributed by atoms with Crippen molar-refractivity contribution in [2.75, 3.05) is 0 Å². The molecule has 0 saturated heterocycles. The highest BCUT2D eigenvalue weighted by atomic mass is 16.3. The summed E-state index contributed by atoms with van der Waals surface area (Å²) in [6.45, 7) is 0. The van der Waals surface area contributed by atoms with Crippen molar-refractivity contribution in [2.24, 2.45) is 5.18 Å².